The average molecular weight is 386 g/mol. The number of halogens is 1. The van der Waals surface area contributed by atoms with E-state index in [1.54, 1.807) is 18.2 Å². The molecule has 0 fully saturated rings. The third-order valence-electron chi connectivity index (χ3n) is 3.57. The summed E-state index contributed by atoms with van der Waals surface area (Å²) in [6.45, 7) is 0.218. The average Bonchev–Trinajstić information content (AvgIpc) is 3.29. The molecule has 0 bridgehead atoms. The van der Waals surface area contributed by atoms with Crippen LogP contribution in [0.1, 0.15) is 5.56 Å². The van der Waals surface area contributed by atoms with Crippen LogP contribution in [0.5, 0.6) is 11.5 Å². The first-order valence-electron chi connectivity index (χ1n) is 7.65. The zero-order chi connectivity index (χ0) is 17.9. The highest BCUT2D eigenvalue weighted by Crippen LogP contribution is 2.33. The molecule has 2 heterocycles. The van der Waals surface area contributed by atoms with Gasteiger partial charge in [-0.2, -0.15) is 0 Å². The maximum atomic E-state index is 12.1. The number of amides is 1. The highest BCUT2D eigenvalue weighted by Gasteiger charge is 2.12. The van der Waals surface area contributed by atoms with E-state index in [2.05, 4.69) is 15.5 Å². The summed E-state index contributed by atoms with van der Waals surface area (Å²) in [6.07, 6.45) is 3.12. The molecule has 0 atom stereocenters. The first-order valence-corrected chi connectivity index (χ1v) is 8.85. The summed E-state index contributed by atoms with van der Waals surface area (Å²) >= 11 is 7.17. The molecular formula is C18H12ClN3O3S. The number of rotatable bonds is 4. The highest BCUT2D eigenvalue weighted by molar-refractivity contribution is 7.18. The Bertz CT molecular complexity index is 986. The maximum Gasteiger partial charge on any atom is 0.250 e. The fourth-order valence-corrected chi connectivity index (χ4v) is 3.20. The smallest absolute Gasteiger partial charge is 0.250 e. The summed E-state index contributed by atoms with van der Waals surface area (Å²) in [5.41, 5.74) is 1.73. The zero-order valence-electron chi connectivity index (χ0n) is 13.3. The molecule has 1 N–H and O–H groups in total. The van der Waals surface area contributed by atoms with Gasteiger partial charge in [0.1, 0.15) is 5.01 Å². The van der Waals surface area contributed by atoms with Crippen LogP contribution >= 0.6 is 22.9 Å². The third kappa shape index (κ3) is 3.68. The van der Waals surface area contributed by atoms with Crippen LogP contribution in [0.3, 0.4) is 0 Å². The summed E-state index contributed by atoms with van der Waals surface area (Å²) in [5, 5.41) is 12.6. The third-order valence-corrected chi connectivity index (χ3v) is 4.71. The molecule has 26 heavy (non-hydrogen) atoms. The van der Waals surface area contributed by atoms with Crippen LogP contribution in [-0.4, -0.2) is 22.9 Å². The zero-order valence-corrected chi connectivity index (χ0v) is 14.9. The molecular weight excluding hydrogens is 374 g/mol. The van der Waals surface area contributed by atoms with Crippen molar-refractivity contribution in [1.29, 1.82) is 0 Å². The van der Waals surface area contributed by atoms with Gasteiger partial charge in [-0.25, -0.2) is 0 Å². The van der Waals surface area contributed by atoms with Crippen molar-refractivity contribution < 1.29 is 14.3 Å². The maximum absolute atomic E-state index is 12.1. The Kier molecular flexibility index (Phi) is 4.55. The Morgan fingerprint density at radius 1 is 1.12 bits per heavy atom. The minimum absolute atomic E-state index is 0.218. The lowest BCUT2D eigenvalue weighted by molar-refractivity contribution is -0.111. The number of anilines is 1. The molecule has 6 nitrogen and oxygen atoms in total. The van der Waals surface area contributed by atoms with Crippen LogP contribution in [0.2, 0.25) is 5.02 Å². The Labute approximate surface area is 158 Å². The van der Waals surface area contributed by atoms with E-state index in [0.717, 1.165) is 11.1 Å². The van der Waals surface area contributed by atoms with Gasteiger partial charge in [-0.3, -0.25) is 10.1 Å². The molecule has 1 aromatic heterocycles. The summed E-state index contributed by atoms with van der Waals surface area (Å²) in [4.78, 5) is 12.1. The van der Waals surface area contributed by atoms with E-state index in [9.17, 15) is 4.79 Å². The van der Waals surface area contributed by atoms with Gasteiger partial charge in [-0.1, -0.05) is 41.1 Å². The van der Waals surface area contributed by atoms with Crippen LogP contribution in [0, 0.1) is 0 Å². The van der Waals surface area contributed by atoms with Gasteiger partial charge in [-0.15, -0.1) is 10.2 Å². The predicted octanol–water partition coefficient (Wildman–Crippen LogP) is 4.24. The van der Waals surface area contributed by atoms with Crippen molar-refractivity contribution in [1.82, 2.24) is 10.2 Å². The summed E-state index contributed by atoms with van der Waals surface area (Å²) in [6, 6.07) is 12.7. The number of hydrogen-bond donors (Lipinski definition) is 1. The van der Waals surface area contributed by atoms with Crippen molar-refractivity contribution in [2.45, 2.75) is 0 Å². The lowest BCUT2D eigenvalue weighted by atomic mass is 10.2. The van der Waals surface area contributed by atoms with E-state index in [4.69, 9.17) is 21.1 Å². The second-order valence-electron chi connectivity index (χ2n) is 5.35. The summed E-state index contributed by atoms with van der Waals surface area (Å²) < 4.78 is 10.6. The Balaban J connectivity index is 1.41. The monoisotopic (exact) mass is 385 g/mol. The van der Waals surface area contributed by atoms with E-state index in [1.807, 2.05) is 30.3 Å². The first-order chi connectivity index (χ1) is 12.7. The minimum atomic E-state index is -0.290. The van der Waals surface area contributed by atoms with Crippen LogP contribution in [0.25, 0.3) is 16.6 Å². The van der Waals surface area contributed by atoms with Gasteiger partial charge in [-0.05, 0) is 35.9 Å². The lowest BCUT2D eigenvalue weighted by Gasteiger charge is -1.98. The number of hydrogen-bond acceptors (Lipinski definition) is 6. The lowest BCUT2D eigenvalue weighted by Crippen LogP contribution is -2.07. The molecule has 0 radical (unpaired) electrons. The second kappa shape index (κ2) is 7.15. The molecule has 0 spiro atoms. The van der Waals surface area contributed by atoms with Crippen LogP contribution < -0.4 is 14.8 Å². The summed E-state index contributed by atoms with van der Waals surface area (Å²) in [7, 11) is 0. The van der Waals surface area contributed by atoms with Crippen molar-refractivity contribution in [3.63, 3.8) is 0 Å². The van der Waals surface area contributed by atoms with Gasteiger partial charge >= 0.3 is 0 Å². The van der Waals surface area contributed by atoms with Gasteiger partial charge in [0.15, 0.2) is 11.5 Å². The van der Waals surface area contributed by atoms with Crippen LogP contribution in [-0.2, 0) is 4.79 Å². The van der Waals surface area contributed by atoms with Gasteiger partial charge in [0.2, 0.25) is 17.8 Å². The van der Waals surface area contributed by atoms with Crippen molar-refractivity contribution in [3.8, 4) is 22.1 Å². The fourth-order valence-electron chi connectivity index (χ4n) is 2.32. The minimum Gasteiger partial charge on any atom is -0.454 e. The fraction of sp³-hybridized carbons (Fsp3) is 0.0556. The SMILES string of the molecule is O=C(/C=C/c1ccc2c(c1)OCO2)Nc1nnc(-c2ccc(Cl)cc2)s1. The number of nitrogens with one attached hydrogen (secondary N) is 1. The number of ether oxygens (including phenoxy) is 2. The van der Waals surface area contributed by atoms with Gasteiger partial charge < -0.3 is 9.47 Å². The number of carbonyl (C=O) groups excluding carboxylic acids is 1. The highest BCUT2D eigenvalue weighted by atomic mass is 35.5. The molecule has 1 amide bonds. The molecule has 2 aromatic carbocycles. The van der Waals surface area contributed by atoms with E-state index in [-0.39, 0.29) is 12.7 Å². The predicted molar refractivity (Wildman–Crippen MR) is 101 cm³/mol. The standard InChI is InChI=1S/C18H12ClN3O3S/c19-13-5-3-12(4-6-13)17-21-22-18(26-17)20-16(23)8-2-11-1-7-14-15(9-11)25-10-24-14/h1-9H,10H2,(H,20,22,23)/b8-2+. The Morgan fingerprint density at radius 3 is 2.77 bits per heavy atom. The number of fused-ring (bicyclic) bond motifs is 1. The van der Waals surface area contributed by atoms with Crippen molar-refractivity contribution >= 4 is 40.1 Å². The molecule has 1 aliphatic rings. The van der Waals surface area contributed by atoms with Gasteiger partial charge in [0, 0.05) is 16.7 Å². The van der Waals surface area contributed by atoms with Gasteiger partial charge in [0.25, 0.3) is 0 Å². The number of nitrogens with zero attached hydrogens (tertiary/aromatic N) is 2. The second-order valence-corrected chi connectivity index (χ2v) is 6.77. The molecule has 130 valence electrons. The van der Waals surface area contributed by atoms with E-state index < -0.39 is 0 Å². The van der Waals surface area contributed by atoms with E-state index >= 15 is 0 Å². The van der Waals surface area contributed by atoms with Crippen LogP contribution in [0.15, 0.2) is 48.5 Å². The number of benzene rings is 2. The molecule has 0 unspecified atom stereocenters. The first kappa shape index (κ1) is 16.6. The van der Waals surface area contributed by atoms with E-state index in [1.165, 1.54) is 17.4 Å². The topological polar surface area (TPSA) is 73.3 Å². The quantitative estimate of drug-likeness (QED) is 0.680. The van der Waals surface area contributed by atoms with Crippen molar-refractivity contribution in [3.05, 3.63) is 59.1 Å². The summed E-state index contributed by atoms with van der Waals surface area (Å²) in [5.74, 6) is 1.08. The van der Waals surface area contributed by atoms with E-state index in [0.29, 0.717) is 26.7 Å². The molecule has 4 rings (SSSR count). The van der Waals surface area contributed by atoms with Crippen molar-refractivity contribution in [2.24, 2.45) is 0 Å². The molecule has 8 heteroatoms. The molecule has 0 aliphatic carbocycles. The number of carbonyl (C=O) groups is 1. The Morgan fingerprint density at radius 2 is 1.92 bits per heavy atom. The molecule has 0 saturated carbocycles. The number of aromatic nitrogens is 2. The molecule has 3 aromatic rings. The molecule has 0 saturated heterocycles. The van der Waals surface area contributed by atoms with Crippen molar-refractivity contribution in [2.75, 3.05) is 12.1 Å². The Hall–Kier alpha value is -2.90. The normalized spacial score (nSPS) is 12.5. The van der Waals surface area contributed by atoms with Crippen LogP contribution in [0.4, 0.5) is 5.13 Å². The largest absolute Gasteiger partial charge is 0.454 e. The van der Waals surface area contributed by atoms with Gasteiger partial charge in [0.05, 0.1) is 0 Å². The molecule has 1 aliphatic heterocycles.